The number of aromatic nitrogens is 1. The van der Waals surface area contributed by atoms with E-state index in [1.807, 2.05) is 42.6 Å². The second-order valence-corrected chi connectivity index (χ2v) is 5.70. The van der Waals surface area contributed by atoms with Crippen LogP contribution in [0.25, 0.3) is 22.6 Å². The van der Waals surface area contributed by atoms with Gasteiger partial charge in [-0.05, 0) is 35.9 Å². The van der Waals surface area contributed by atoms with Crippen molar-refractivity contribution in [3.8, 4) is 11.5 Å². The Kier molecular flexibility index (Phi) is 2.16. The van der Waals surface area contributed by atoms with E-state index in [1.165, 1.54) is 5.56 Å². The molecule has 3 aromatic rings. The molecule has 2 aromatic carbocycles. The highest BCUT2D eigenvalue weighted by atomic mass is 16.3. The minimum absolute atomic E-state index is 0.0304. The Morgan fingerprint density at radius 2 is 1.90 bits per heavy atom. The van der Waals surface area contributed by atoms with E-state index in [0.29, 0.717) is 5.89 Å². The maximum atomic E-state index is 5.83. The summed E-state index contributed by atoms with van der Waals surface area (Å²) in [7, 11) is 0. The van der Waals surface area contributed by atoms with Crippen LogP contribution in [0.15, 0.2) is 51.9 Å². The number of oxazole rings is 1. The number of nitrogens with zero attached hydrogens (tertiary/aromatic N) is 2. The Morgan fingerprint density at radius 1 is 1.05 bits per heavy atom. The first-order valence-electron chi connectivity index (χ1n) is 6.69. The fourth-order valence-corrected chi connectivity index (χ4v) is 2.59. The van der Waals surface area contributed by atoms with Gasteiger partial charge in [0.25, 0.3) is 0 Å². The summed E-state index contributed by atoms with van der Waals surface area (Å²) in [4.78, 5) is 9.00. The molecule has 20 heavy (non-hydrogen) atoms. The molecule has 0 spiro atoms. The Bertz CT molecular complexity index is 810. The first-order chi connectivity index (χ1) is 9.63. The van der Waals surface area contributed by atoms with Gasteiger partial charge in [0.15, 0.2) is 5.58 Å². The van der Waals surface area contributed by atoms with Crippen LogP contribution in [0.2, 0.25) is 0 Å². The lowest BCUT2D eigenvalue weighted by molar-refractivity contribution is 0.619. The molecule has 0 amide bonds. The Balaban J connectivity index is 1.88. The van der Waals surface area contributed by atoms with Gasteiger partial charge < -0.3 is 4.42 Å². The van der Waals surface area contributed by atoms with E-state index in [4.69, 9.17) is 4.42 Å². The summed E-state index contributed by atoms with van der Waals surface area (Å²) in [5.74, 6) is 0.664. The van der Waals surface area contributed by atoms with Gasteiger partial charge in [-0.25, -0.2) is 4.98 Å². The zero-order chi connectivity index (χ0) is 13.7. The lowest BCUT2D eigenvalue weighted by atomic mass is 9.86. The molecule has 0 radical (unpaired) electrons. The van der Waals surface area contributed by atoms with Gasteiger partial charge >= 0.3 is 0 Å². The maximum Gasteiger partial charge on any atom is 0.227 e. The van der Waals surface area contributed by atoms with E-state index in [0.717, 1.165) is 22.4 Å². The Labute approximate surface area is 117 Å². The van der Waals surface area contributed by atoms with Gasteiger partial charge in [-0.1, -0.05) is 26.0 Å². The van der Waals surface area contributed by atoms with Crippen molar-refractivity contribution in [2.24, 2.45) is 4.99 Å². The normalized spacial score (nSPS) is 15.7. The van der Waals surface area contributed by atoms with Crippen molar-refractivity contribution in [3.63, 3.8) is 0 Å². The van der Waals surface area contributed by atoms with Crippen molar-refractivity contribution in [2.75, 3.05) is 0 Å². The Morgan fingerprint density at radius 3 is 2.75 bits per heavy atom. The highest BCUT2D eigenvalue weighted by Crippen LogP contribution is 2.39. The van der Waals surface area contributed by atoms with Gasteiger partial charge in [0, 0.05) is 17.2 Å². The quantitative estimate of drug-likeness (QED) is 0.648. The molecule has 4 rings (SSSR count). The zero-order valence-corrected chi connectivity index (χ0v) is 11.4. The number of rotatable bonds is 1. The molecule has 0 N–H and O–H groups in total. The molecule has 2 heterocycles. The summed E-state index contributed by atoms with van der Waals surface area (Å²) < 4.78 is 5.83. The second-order valence-electron chi connectivity index (χ2n) is 5.70. The van der Waals surface area contributed by atoms with Gasteiger partial charge in [0.1, 0.15) is 5.52 Å². The van der Waals surface area contributed by atoms with Crippen LogP contribution in [0, 0.1) is 0 Å². The minimum Gasteiger partial charge on any atom is -0.436 e. The van der Waals surface area contributed by atoms with Crippen LogP contribution >= 0.6 is 0 Å². The maximum absolute atomic E-state index is 5.83. The number of benzene rings is 2. The summed E-state index contributed by atoms with van der Waals surface area (Å²) in [6.07, 6.45) is 1.99. The van der Waals surface area contributed by atoms with E-state index in [2.05, 4.69) is 29.9 Å². The summed E-state index contributed by atoms with van der Waals surface area (Å²) >= 11 is 0. The molecule has 3 heteroatoms. The monoisotopic (exact) mass is 262 g/mol. The first kappa shape index (κ1) is 11.4. The summed E-state index contributed by atoms with van der Waals surface area (Å²) in [6.45, 7) is 4.33. The largest absolute Gasteiger partial charge is 0.436 e. The van der Waals surface area contributed by atoms with Gasteiger partial charge in [-0.3, -0.25) is 4.99 Å². The number of aliphatic imine (C=N–C) groups is 1. The van der Waals surface area contributed by atoms with Crippen LogP contribution in [0.4, 0.5) is 5.69 Å². The van der Waals surface area contributed by atoms with Crippen molar-refractivity contribution in [1.29, 1.82) is 0 Å². The standard InChI is InChI=1S/C17H14N2O/c1-17(2)10-18-13-8-7-11(9-12(13)17)16-19-14-5-3-4-6-15(14)20-16/h3-10H,1-2H3. The third-order valence-electron chi connectivity index (χ3n) is 3.76. The molecule has 3 nitrogen and oxygen atoms in total. The fraction of sp³-hybridized carbons (Fsp3) is 0.176. The lowest BCUT2D eigenvalue weighted by Gasteiger charge is -2.15. The van der Waals surface area contributed by atoms with Crippen LogP contribution in [0.1, 0.15) is 19.4 Å². The van der Waals surface area contributed by atoms with Crippen LogP contribution in [-0.2, 0) is 5.41 Å². The lowest BCUT2D eigenvalue weighted by Crippen LogP contribution is -2.14. The van der Waals surface area contributed by atoms with Crippen molar-refractivity contribution < 1.29 is 4.42 Å². The molecule has 98 valence electrons. The van der Waals surface area contributed by atoms with E-state index in [9.17, 15) is 0 Å². The van der Waals surface area contributed by atoms with Crippen LogP contribution < -0.4 is 0 Å². The topological polar surface area (TPSA) is 38.4 Å². The van der Waals surface area contributed by atoms with Crippen LogP contribution in [-0.4, -0.2) is 11.2 Å². The molecular formula is C17H14N2O. The molecular weight excluding hydrogens is 248 g/mol. The minimum atomic E-state index is -0.0304. The van der Waals surface area contributed by atoms with Crippen LogP contribution in [0.5, 0.6) is 0 Å². The van der Waals surface area contributed by atoms with Gasteiger partial charge in [0.2, 0.25) is 5.89 Å². The number of para-hydroxylation sites is 2. The predicted octanol–water partition coefficient (Wildman–Crippen LogP) is 4.49. The number of hydrogen-bond donors (Lipinski definition) is 0. The molecule has 0 saturated carbocycles. The molecule has 0 aliphatic carbocycles. The highest BCUT2D eigenvalue weighted by Gasteiger charge is 2.27. The highest BCUT2D eigenvalue weighted by molar-refractivity contribution is 5.86. The third kappa shape index (κ3) is 1.59. The molecule has 0 atom stereocenters. The van der Waals surface area contributed by atoms with Gasteiger partial charge in [-0.2, -0.15) is 0 Å². The summed E-state index contributed by atoms with van der Waals surface area (Å²) in [5.41, 5.74) is 4.93. The van der Waals surface area contributed by atoms with Gasteiger partial charge in [-0.15, -0.1) is 0 Å². The second kappa shape index (κ2) is 3.79. The van der Waals surface area contributed by atoms with Crippen molar-refractivity contribution in [1.82, 2.24) is 4.98 Å². The molecule has 0 fully saturated rings. The van der Waals surface area contributed by atoms with E-state index in [1.54, 1.807) is 0 Å². The zero-order valence-electron chi connectivity index (χ0n) is 11.4. The molecule has 1 aromatic heterocycles. The van der Waals surface area contributed by atoms with E-state index < -0.39 is 0 Å². The SMILES string of the molecule is CC1(C)C=Nc2ccc(-c3nc4ccccc4o3)cc21. The molecule has 0 bridgehead atoms. The first-order valence-corrected chi connectivity index (χ1v) is 6.69. The smallest absolute Gasteiger partial charge is 0.227 e. The predicted molar refractivity (Wildman–Crippen MR) is 80.6 cm³/mol. The van der Waals surface area contributed by atoms with E-state index in [-0.39, 0.29) is 5.41 Å². The summed E-state index contributed by atoms with van der Waals surface area (Å²) in [6, 6.07) is 14.0. The van der Waals surface area contributed by atoms with Gasteiger partial charge in [0.05, 0.1) is 5.69 Å². The third-order valence-corrected chi connectivity index (χ3v) is 3.76. The van der Waals surface area contributed by atoms with Crippen molar-refractivity contribution in [2.45, 2.75) is 19.3 Å². The molecule has 1 aliphatic heterocycles. The summed E-state index contributed by atoms with van der Waals surface area (Å²) in [5, 5.41) is 0. The van der Waals surface area contributed by atoms with Crippen molar-refractivity contribution >= 4 is 23.0 Å². The van der Waals surface area contributed by atoms with E-state index >= 15 is 0 Å². The number of fused-ring (bicyclic) bond motifs is 2. The van der Waals surface area contributed by atoms with Crippen molar-refractivity contribution in [3.05, 3.63) is 48.0 Å². The average Bonchev–Trinajstić information content (AvgIpc) is 3.00. The Hall–Kier alpha value is -2.42. The molecule has 0 saturated heterocycles. The van der Waals surface area contributed by atoms with Crippen LogP contribution in [0.3, 0.4) is 0 Å². The average molecular weight is 262 g/mol. The fourth-order valence-electron chi connectivity index (χ4n) is 2.59. The molecule has 1 aliphatic rings. The molecule has 0 unspecified atom stereocenters. The number of hydrogen-bond acceptors (Lipinski definition) is 3.